The predicted molar refractivity (Wildman–Crippen MR) is 51.1 cm³/mol. The molecule has 7 heteroatoms. The fourth-order valence-corrected chi connectivity index (χ4v) is 1.83. The molecular formula is C7H6ClN3O2S. The number of nitrogens with zero attached hydrogens (tertiary/aromatic N) is 3. The number of pyridine rings is 1. The number of sulfone groups is 1. The van der Waals surface area contributed by atoms with Crippen molar-refractivity contribution in [1.29, 1.82) is 0 Å². The van der Waals surface area contributed by atoms with Gasteiger partial charge in [0.25, 0.3) is 0 Å². The Hall–Kier alpha value is -1.14. The van der Waals surface area contributed by atoms with Gasteiger partial charge in [0, 0.05) is 12.5 Å². The molecule has 0 N–H and O–H groups in total. The van der Waals surface area contributed by atoms with Crippen LogP contribution in [0.15, 0.2) is 23.2 Å². The Bertz CT molecular complexity index is 590. The van der Waals surface area contributed by atoms with E-state index in [1.54, 1.807) is 6.07 Å². The van der Waals surface area contributed by atoms with Crippen LogP contribution in [0.3, 0.4) is 0 Å². The third-order valence-corrected chi connectivity index (χ3v) is 2.96. The zero-order chi connectivity index (χ0) is 10.3. The van der Waals surface area contributed by atoms with Crippen LogP contribution in [0.5, 0.6) is 0 Å². The molecule has 14 heavy (non-hydrogen) atoms. The molecule has 0 spiro atoms. The number of hydrogen-bond acceptors (Lipinski definition) is 4. The maximum Gasteiger partial charge on any atom is 0.243 e. The van der Waals surface area contributed by atoms with E-state index in [4.69, 9.17) is 11.6 Å². The van der Waals surface area contributed by atoms with Crippen LogP contribution in [0.25, 0.3) is 5.65 Å². The minimum absolute atomic E-state index is 0.0932. The van der Waals surface area contributed by atoms with Crippen LogP contribution in [0.4, 0.5) is 0 Å². The summed E-state index contributed by atoms with van der Waals surface area (Å²) in [4.78, 5) is 4.05. The van der Waals surface area contributed by atoms with Gasteiger partial charge in [-0.25, -0.2) is 12.9 Å². The molecule has 0 amide bonds. The number of aromatic nitrogens is 3. The largest absolute Gasteiger partial charge is 0.243 e. The van der Waals surface area contributed by atoms with E-state index in [9.17, 15) is 8.42 Å². The van der Waals surface area contributed by atoms with Crippen LogP contribution in [0.2, 0.25) is 5.28 Å². The quantitative estimate of drug-likeness (QED) is 0.728. The van der Waals surface area contributed by atoms with E-state index in [0.717, 1.165) is 6.26 Å². The fraction of sp³-hybridized carbons (Fsp3) is 0.143. The lowest BCUT2D eigenvalue weighted by Gasteiger charge is -1.97. The van der Waals surface area contributed by atoms with Crippen molar-refractivity contribution in [3.63, 3.8) is 0 Å². The van der Waals surface area contributed by atoms with E-state index >= 15 is 0 Å². The molecule has 2 aromatic heterocycles. The van der Waals surface area contributed by atoms with E-state index in [1.807, 2.05) is 0 Å². The average molecular weight is 232 g/mol. The van der Waals surface area contributed by atoms with E-state index in [-0.39, 0.29) is 10.2 Å². The molecule has 5 nitrogen and oxygen atoms in total. The van der Waals surface area contributed by atoms with Crippen molar-refractivity contribution in [2.45, 2.75) is 4.90 Å². The molecule has 0 saturated heterocycles. The molecule has 0 aliphatic rings. The van der Waals surface area contributed by atoms with Gasteiger partial charge in [0.15, 0.2) is 15.5 Å². The third kappa shape index (κ3) is 1.58. The zero-order valence-electron chi connectivity index (χ0n) is 7.18. The van der Waals surface area contributed by atoms with Crippen LogP contribution >= 0.6 is 11.6 Å². The first-order valence-corrected chi connectivity index (χ1v) is 5.96. The van der Waals surface area contributed by atoms with Crippen molar-refractivity contribution in [2.24, 2.45) is 0 Å². The van der Waals surface area contributed by atoms with Gasteiger partial charge in [-0.2, -0.15) is 4.98 Å². The highest BCUT2D eigenvalue weighted by Crippen LogP contribution is 2.11. The smallest absolute Gasteiger partial charge is 0.224 e. The molecular weight excluding hydrogens is 226 g/mol. The van der Waals surface area contributed by atoms with Gasteiger partial charge in [-0.15, -0.1) is 5.10 Å². The van der Waals surface area contributed by atoms with Crippen molar-refractivity contribution in [1.82, 2.24) is 14.6 Å². The predicted octanol–water partition coefficient (Wildman–Crippen LogP) is 0.786. The summed E-state index contributed by atoms with van der Waals surface area (Å²) in [5.41, 5.74) is 0.516. The van der Waals surface area contributed by atoms with Gasteiger partial charge in [-0.05, 0) is 23.7 Å². The Morgan fingerprint density at radius 2 is 2.14 bits per heavy atom. The second-order valence-corrected chi connectivity index (χ2v) is 5.17. The van der Waals surface area contributed by atoms with Crippen molar-refractivity contribution < 1.29 is 8.42 Å². The molecule has 2 aromatic rings. The van der Waals surface area contributed by atoms with Gasteiger partial charge >= 0.3 is 0 Å². The molecule has 2 heterocycles. The van der Waals surface area contributed by atoms with Gasteiger partial charge in [0.2, 0.25) is 5.28 Å². The second-order valence-electron chi connectivity index (χ2n) is 2.82. The van der Waals surface area contributed by atoms with Crippen LogP contribution in [0.1, 0.15) is 0 Å². The fourth-order valence-electron chi connectivity index (χ4n) is 1.06. The lowest BCUT2D eigenvalue weighted by Crippen LogP contribution is -1.99. The van der Waals surface area contributed by atoms with Crippen LogP contribution in [-0.2, 0) is 9.84 Å². The average Bonchev–Trinajstić information content (AvgIpc) is 2.41. The highest BCUT2D eigenvalue weighted by Gasteiger charge is 2.09. The van der Waals surface area contributed by atoms with Crippen molar-refractivity contribution >= 4 is 27.1 Å². The summed E-state index contributed by atoms with van der Waals surface area (Å²) >= 11 is 5.56. The monoisotopic (exact) mass is 231 g/mol. The molecule has 0 unspecified atom stereocenters. The lowest BCUT2D eigenvalue weighted by molar-refractivity contribution is 0.601. The normalized spacial score (nSPS) is 12.1. The SMILES string of the molecule is CS(=O)(=O)c1ccc2nc(Cl)nn2c1. The minimum Gasteiger partial charge on any atom is -0.224 e. The van der Waals surface area contributed by atoms with Crippen molar-refractivity contribution in [3.05, 3.63) is 23.6 Å². The summed E-state index contributed by atoms with van der Waals surface area (Å²) in [7, 11) is -3.22. The number of hydrogen-bond donors (Lipinski definition) is 0. The Labute approximate surface area is 85.3 Å². The maximum atomic E-state index is 11.2. The van der Waals surface area contributed by atoms with Gasteiger partial charge < -0.3 is 0 Å². The molecule has 0 aromatic carbocycles. The molecule has 0 bridgehead atoms. The lowest BCUT2D eigenvalue weighted by atomic mass is 10.5. The standard InChI is InChI=1S/C7H6ClN3O2S/c1-14(12,13)5-2-3-6-9-7(8)10-11(6)4-5/h2-4H,1H3. The van der Waals surface area contributed by atoms with E-state index in [1.165, 1.54) is 16.8 Å². The molecule has 0 aliphatic heterocycles. The van der Waals surface area contributed by atoms with E-state index in [0.29, 0.717) is 5.65 Å². The Balaban J connectivity index is 2.74. The molecule has 0 saturated carbocycles. The first-order chi connectivity index (χ1) is 6.47. The van der Waals surface area contributed by atoms with Gasteiger partial charge in [-0.1, -0.05) is 0 Å². The molecule has 2 rings (SSSR count). The first-order valence-electron chi connectivity index (χ1n) is 3.69. The van der Waals surface area contributed by atoms with E-state index in [2.05, 4.69) is 10.1 Å². The minimum atomic E-state index is -3.22. The third-order valence-electron chi connectivity index (χ3n) is 1.71. The zero-order valence-corrected chi connectivity index (χ0v) is 8.75. The second kappa shape index (κ2) is 2.93. The van der Waals surface area contributed by atoms with Gasteiger partial charge in [0.1, 0.15) is 0 Å². The number of halogens is 1. The summed E-state index contributed by atoms with van der Waals surface area (Å²) in [6.07, 6.45) is 2.51. The molecule has 0 fully saturated rings. The molecule has 0 atom stereocenters. The Morgan fingerprint density at radius 3 is 2.79 bits per heavy atom. The molecule has 74 valence electrons. The van der Waals surface area contributed by atoms with Crippen molar-refractivity contribution in [3.8, 4) is 0 Å². The van der Waals surface area contributed by atoms with Gasteiger partial charge in [-0.3, -0.25) is 0 Å². The first kappa shape index (κ1) is 9.42. The summed E-state index contributed by atoms with van der Waals surface area (Å²) in [5.74, 6) is 0. The molecule has 0 radical (unpaired) electrons. The molecule has 0 aliphatic carbocycles. The Morgan fingerprint density at radius 1 is 1.43 bits per heavy atom. The summed E-state index contributed by atoms with van der Waals surface area (Å²) in [5, 5.41) is 3.89. The Kier molecular flexibility index (Phi) is 1.97. The van der Waals surface area contributed by atoms with Crippen LogP contribution < -0.4 is 0 Å². The topological polar surface area (TPSA) is 64.3 Å². The number of fused-ring (bicyclic) bond motifs is 1. The maximum absolute atomic E-state index is 11.2. The van der Waals surface area contributed by atoms with Crippen LogP contribution in [0, 0.1) is 0 Å². The summed E-state index contributed by atoms with van der Waals surface area (Å²) in [6, 6.07) is 3.02. The number of rotatable bonds is 1. The highest BCUT2D eigenvalue weighted by atomic mass is 35.5. The summed E-state index contributed by atoms with van der Waals surface area (Å²) < 4.78 is 23.7. The highest BCUT2D eigenvalue weighted by molar-refractivity contribution is 7.90. The van der Waals surface area contributed by atoms with E-state index < -0.39 is 9.84 Å². The van der Waals surface area contributed by atoms with Crippen molar-refractivity contribution in [2.75, 3.05) is 6.26 Å². The summed E-state index contributed by atoms with van der Waals surface area (Å²) in [6.45, 7) is 0. The van der Waals surface area contributed by atoms with Crippen LogP contribution in [-0.4, -0.2) is 29.3 Å². The van der Waals surface area contributed by atoms with Gasteiger partial charge in [0.05, 0.1) is 4.90 Å².